The van der Waals surface area contributed by atoms with Gasteiger partial charge in [-0.15, -0.1) is 23.2 Å². The number of rotatable bonds is 6. The second-order valence-corrected chi connectivity index (χ2v) is 13.4. The Labute approximate surface area is 274 Å². The summed E-state index contributed by atoms with van der Waals surface area (Å²) in [5.41, 5.74) is 1.95. The molecule has 2 saturated heterocycles. The van der Waals surface area contributed by atoms with E-state index in [1.807, 2.05) is 36.4 Å². The number of phenolic OH excluding ortho intramolecular Hbond substituents is 1. The number of fused-ring (bicyclic) bond motifs is 4. The molecule has 0 spiro atoms. The molecule has 0 bridgehead atoms. The third-order valence-corrected chi connectivity index (χ3v) is 11.2. The van der Waals surface area contributed by atoms with Crippen LogP contribution in [-0.2, 0) is 25.7 Å². The molecule has 236 valence electrons. The fraction of sp³-hybridized carbons (Fsp3) is 0.314. The van der Waals surface area contributed by atoms with Crippen LogP contribution in [0, 0.1) is 23.6 Å². The van der Waals surface area contributed by atoms with Gasteiger partial charge in [0.2, 0.25) is 11.8 Å². The van der Waals surface area contributed by atoms with Gasteiger partial charge < -0.3 is 9.84 Å². The van der Waals surface area contributed by atoms with Crippen molar-refractivity contribution >= 4 is 52.5 Å². The molecule has 1 N–H and O–H groups in total. The van der Waals surface area contributed by atoms with Gasteiger partial charge in [-0.25, -0.2) is 9.29 Å². The van der Waals surface area contributed by atoms with Crippen LogP contribution in [-0.4, -0.2) is 50.0 Å². The summed E-state index contributed by atoms with van der Waals surface area (Å²) in [4.78, 5) is 54.6. The van der Waals surface area contributed by atoms with Crippen molar-refractivity contribution in [1.29, 1.82) is 0 Å². The molecule has 6 atom stereocenters. The number of benzene rings is 3. The number of alkyl halides is 2. The van der Waals surface area contributed by atoms with E-state index in [0.717, 1.165) is 22.6 Å². The molecule has 4 amide bonds. The van der Waals surface area contributed by atoms with Gasteiger partial charge in [0.05, 0.1) is 30.7 Å². The highest BCUT2D eigenvalue weighted by Gasteiger charge is 2.76. The first-order valence-corrected chi connectivity index (χ1v) is 15.8. The van der Waals surface area contributed by atoms with Crippen LogP contribution >= 0.6 is 23.2 Å². The molecule has 0 radical (unpaired) electrons. The van der Waals surface area contributed by atoms with Crippen molar-refractivity contribution in [1.82, 2.24) is 4.90 Å². The van der Waals surface area contributed by atoms with Crippen molar-refractivity contribution < 1.29 is 33.4 Å². The van der Waals surface area contributed by atoms with Crippen LogP contribution in [0.4, 0.5) is 10.1 Å². The van der Waals surface area contributed by atoms with Crippen LogP contribution in [0.5, 0.6) is 11.5 Å². The van der Waals surface area contributed by atoms with Gasteiger partial charge in [0.15, 0.2) is 21.2 Å². The summed E-state index contributed by atoms with van der Waals surface area (Å²) >= 11 is 14.8. The lowest BCUT2D eigenvalue weighted by Gasteiger charge is -2.50. The maximum Gasteiger partial charge on any atom is 0.258 e. The third-order valence-electron chi connectivity index (χ3n) is 9.79. The Balaban J connectivity index is 1.38. The molecule has 2 aliphatic heterocycles. The summed E-state index contributed by atoms with van der Waals surface area (Å²) in [7, 11) is 0. The quantitative estimate of drug-likeness (QED) is 0.207. The number of hydrogen-bond donors (Lipinski definition) is 1. The van der Waals surface area contributed by atoms with Crippen LogP contribution < -0.4 is 9.64 Å². The lowest BCUT2D eigenvalue weighted by Crippen LogP contribution is -2.60. The number of likely N-dealkylation sites (tertiary alicyclic amines) is 1. The number of amides is 4. The van der Waals surface area contributed by atoms with Gasteiger partial charge in [-0.2, -0.15) is 0 Å². The Morgan fingerprint density at radius 3 is 2.35 bits per heavy atom. The first kappa shape index (κ1) is 30.4. The molecule has 1 saturated carbocycles. The van der Waals surface area contributed by atoms with Crippen molar-refractivity contribution in [2.24, 2.45) is 17.8 Å². The van der Waals surface area contributed by atoms with E-state index in [9.17, 15) is 28.7 Å². The Morgan fingerprint density at radius 2 is 1.65 bits per heavy atom. The summed E-state index contributed by atoms with van der Waals surface area (Å²) < 4.78 is 19.5. The molecule has 4 aliphatic rings. The highest BCUT2D eigenvalue weighted by molar-refractivity contribution is 6.58. The smallest absolute Gasteiger partial charge is 0.258 e. The first-order valence-electron chi connectivity index (χ1n) is 15.1. The number of aromatic hydroxyl groups is 1. The van der Waals surface area contributed by atoms with Gasteiger partial charge in [-0.1, -0.05) is 48.0 Å². The number of hydrogen-bond acceptors (Lipinski definition) is 6. The molecule has 6 unspecified atom stereocenters. The number of halogens is 3. The van der Waals surface area contributed by atoms with Crippen LogP contribution in [0.25, 0.3) is 0 Å². The number of carbonyl (C=O) groups is 4. The average molecular weight is 664 g/mol. The van der Waals surface area contributed by atoms with E-state index in [4.69, 9.17) is 27.9 Å². The summed E-state index contributed by atoms with van der Waals surface area (Å²) in [5.74, 6) is -6.07. The summed E-state index contributed by atoms with van der Waals surface area (Å²) in [6.07, 6.45) is 1.89. The fourth-order valence-corrected chi connectivity index (χ4v) is 8.68. The average Bonchev–Trinajstić information content (AvgIpc) is 3.37. The van der Waals surface area contributed by atoms with Crippen LogP contribution in [0.15, 0.2) is 84.4 Å². The highest BCUT2D eigenvalue weighted by atomic mass is 35.5. The van der Waals surface area contributed by atoms with Gasteiger partial charge in [-0.3, -0.25) is 24.1 Å². The van der Waals surface area contributed by atoms with E-state index in [-0.39, 0.29) is 55.0 Å². The van der Waals surface area contributed by atoms with E-state index >= 15 is 0 Å². The summed E-state index contributed by atoms with van der Waals surface area (Å²) in [6.45, 7) is 2.10. The van der Waals surface area contributed by atoms with E-state index in [0.29, 0.717) is 11.1 Å². The van der Waals surface area contributed by atoms with Crippen molar-refractivity contribution in [2.75, 3.05) is 11.5 Å². The van der Waals surface area contributed by atoms with Gasteiger partial charge in [0.1, 0.15) is 5.82 Å². The number of anilines is 1. The van der Waals surface area contributed by atoms with E-state index in [1.54, 1.807) is 19.1 Å². The fourth-order valence-electron chi connectivity index (χ4n) is 7.74. The van der Waals surface area contributed by atoms with Gasteiger partial charge >= 0.3 is 0 Å². The number of ether oxygens (including phenoxy) is 1. The molecule has 46 heavy (non-hydrogen) atoms. The second-order valence-electron chi connectivity index (χ2n) is 12.2. The van der Waals surface area contributed by atoms with Crippen molar-refractivity contribution in [3.8, 4) is 11.5 Å². The minimum Gasteiger partial charge on any atom is -0.504 e. The topological polar surface area (TPSA) is 104 Å². The monoisotopic (exact) mass is 662 g/mol. The Morgan fingerprint density at radius 1 is 0.935 bits per heavy atom. The maximum atomic E-state index is 14.5. The highest BCUT2D eigenvalue weighted by Crippen LogP contribution is 2.66. The molecule has 3 aromatic rings. The number of carbonyl (C=O) groups excluding carboxylic acids is 4. The number of nitrogens with zero attached hydrogens (tertiary/aromatic N) is 2. The zero-order valence-corrected chi connectivity index (χ0v) is 26.2. The van der Waals surface area contributed by atoms with Crippen molar-refractivity contribution in [3.05, 3.63) is 101 Å². The molecular formula is C35H29Cl2FN2O6. The normalized spacial score (nSPS) is 30.2. The Hall–Kier alpha value is -4.21. The lowest BCUT2D eigenvalue weighted by atomic mass is 9.56. The predicted octanol–water partition coefficient (Wildman–Crippen LogP) is 5.69. The van der Waals surface area contributed by atoms with E-state index in [1.165, 1.54) is 23.1 Å². The molecule has 8 nitrogen and oxygen atoms in total. The van der Waals surface area contributed by atoms with Crippen LogP contribution in [0.1, 0.15) is 36.8 Å². The standard InChI is InChI=1S/C35H29Cl2FN2O6/c1-2-46-27-16-20(8-15-26(27)41)29-23-13-14-24-28(31(43)39(30(24)42)18-19-6-4-3-5-7-19)25(23)17-34(36)32(44)40(33(45)35(29,34)37)22-11-9-21(38)10-12-22/h3-13,15-16,24-25,28-29,41H,2,14,17-18H2,1H3. The third kappa shape index (κ3) is 4.24. The van der Waals surface area contributed by atoms with Crippen molar-refractivity contribution in [2.45, 2.75) is 42.0 Å². The zero-order valence-electron chi connectivity index (χ0n) is 24.7. The van der Waals surface area contributed by atoms with Crippen LogP contribution in [0.3, 0.4) is 0 Å². The first-order chi connectivity index (χ1) is 22.0. The van der Waals surface area contributed by atoms with Crippen molar-refractivity contribution in [3.63, 3.8) is 0 Å². The maximum absolute atomic E-state index is 14.5. The number of imide groups is 2. The van der Waals surface area contributed by atoms with E-state index in [2.05, 4.69) is 0 Å². The zero-order chi connectivity index (χ0) is 32.5. The molecule has 3 aromatic carbocycles. The molecule has 2 heterocycles. The SMILES string of the molecule is CCOc1cc(C2C3=CCC4C(=O)N(Cc5ccccc5)C(=O)C4C3CC3(Cl)C(=O)N(c4ccc(F)cc4)C(=O)C23Cl)ccc1O. The minimum atomic E-state index is -2.08. The van der Waals surface area contributed by atoms with Gasteiger partial charge in [0, 0.05) is 5.92 Å². The second kappa shape index (κ2) is 11.0. The number of allylic oxidation sites excluding steroid dienone is 2. The summed E-state index contributed by atoms with van der Waals surface area (Å²) in [6, 6.07) is 18.6. The molecule has 0 aromatic heterocycles. The molecule has 7 rings (SSSR count). The molecule has 11 heteroatoms. The Kier molecular flexibility index (Phi) is 7.25. The van der Waals surface area contributed by atoms with Gasteiger partial charge in [0.25, 0.3) is 11.8 Å². The molecule has 3 fully saturated rings. The molecular weight excluding hydrogens is 634 g/mol. The van der Waals surface area contributed by atoms with E-state index < -0.39 is 51.1 Å². The minimum absolute atomic E-state index is 0.0984. The lowest BCUT2D eigenvalue weighted by molar-refractivity contribution is -0.141. The largest absolute Gasteiger partial charge is 0.504 e. The summed E-state index contributed by atoms with van der Waals surface area (Å²) in [5, 5.41) is 10.5. The Bertz CT molecular complexity index is 1820. The van der Waals surface area contributed by atoms with Gasteiger partial charge in [-0.05, 0) is 73.2 Å². The number of phenols is 1. The predicted molar refractivity (Wildman–Crippen MR) is 168 cm³/mol. The molecule has 2 aliphatic carbocycles. The van der Waals surface area contributed by atoms with Crippen LogP contribution in [0.2, 0.25) is 0 Å².